The highest BCUT2D eigenvalue weighted by molar-refractivity contribution is 9.10. The summed E-state index contributed by atoms with van der Waals surface area (Å²) in [6.07, 6.45) is 4.86. The number of hydrogen-bond donors (Lipinski definition) is 1. The highest BCUT2D eigenvalue weighted by Gasteiger charge is 2.17. The van der Waals surface area contributed by atoms with E-state index < -0.39 is 0 Å². The van der Waals surface area contributed by atoms with E-state index in [2.05, 4.69) is 31.2 Å². The van der Waals surface area contributed by atoms with E-state index in [9.17, 15) is 4.39 Å². The van der Waals surface area contributed by atoms with Gasteiger partial charge in [-0.25, -0.2) is 14.4 Å². The second-order valence-corrected chi connectivity index (χ2v) is 5.85. The maximum atomic E-state index is 13.6. The molecule has 0 radical (unpaired) electrons. The molecule has 2 heterocycles. The van der Waals surface area contributed by atoms with Crippen LogP contribution in [0.5, 0.6) is 0 Å². The van der Waals surface area contributed by atoms with Crippen LogP contribution in [-0.2, 0) is 12.8 Å². The summed E-state index contributed by atoms with van der Waals surface area (Å²) < 4.78 is 14.2. The van der Waals surface area contributed by atoms with Gasteiger partial charge in [0.05, 0.1) is 5.69 Å². The minimum absolute atomic E-state index is 0.223. The van der Waals surface area contributed by atoms with Crippen molar-refractivity contribution in [3.05, 3.63) is 33.1 Å². The minimum Gasteiger partial charge on any atom is -0.314 e. The van der Waals surface area contributed by atoms with Crippen molar-refractivity contribution < 1.29 is 4.39 Å². The SMILES string of the molecule is Fc1cc(Br)cnc1Nc1nc2c(s1)CCC2. The standard InChI is InChI=1S/C11H9BrFN3S/c12-6-4-7(13)10(14-5-6)16-11-15-8-2-1-3-9(8)17-11/h4-5H,1-3H2,(H,14,15,16). The number of thiazole rings is 1. The van der Waals surface area contributed by atoms with Crippen LogP contribution >= 0.6 is 27.3 Å². The molecule has 0 atom stereocenters. The van der Waals surface area contributed by atoms with Gasteiger partial charge in [0.1, 0.15) is 0 Å². The molecule has 6 heteroatoms. The molecular weight excluding hydrogens is 305 g/mol. The van der Waals surface area contributed by atoms with E-state index in [0.29, 0.717) is 4.47 Å². The number of aryl methyl sites for hydroxylation is 2. The van der Waals surface area contributed by atoms with Gasteiger partial charge in [0.2, 0.25) is 0 Å². The zero-order valence-corrected chi connectivity index (χ0v) is 11.2. The van der Waals surface area contributed by atoms with Crippen LogP contribution in [0.1, 0.15) is 17.0 Å². The van der Waals surface area contributed by atoms with Crippen molar-refractivity contribution in [2.24, 2.45) is 0 Å². The lowest BCUT2D eigenvalue weighted by molar-refractivity contribution is 0.625. The van der Waals surface area contributed by atoms with E-state index in [1.54, 1.807) is 17.5 Å². The Balaban J connectivity index is 1.86. The molecule has 0 aliphatic heterocycles. The van der Waals surface area contributed by atoms with Crippen molar-refractivity contribution in [3.63, 3.8) is 0 Å². The third-order valence-corrected chi connectivity index (χ3v) is 4.14. The van der Waals surface area contributed by atoms with Gasteiger partial charge < -0.3 is 5.32 Å². The van der Waals surface area contributed by atoms with E-state index in [1.165, 1.54) is 17.4 Å². The lowest BCUT2D eigenvalue weighted by Gasteiger charge is -2.03. The third-order valence-electron chi connectivity index (χ3n) is 2.63. The zero-order chi connectivity index (χ0) is 11.8. The fraction of sp³-hybridized carbons (Fsp3) is 0.273. The first-order chi connectivity index (χ1) is 8.22. The number of anilines is 2. The van der Waals surface area contributed by atoms with E-state index in [1.807, 2.05) is 0 Å². The van der Waals surface area contributed by atoms with Crippen LogP contribution in [0.3, 0.4) is 0 Å². The quantitative estimate of drug-likeness (QED) is 0.919. The summed E-state index contributed by atoms with van der Waals surface area (Å²) in [5, 5.41) is 3.65. The van der Waals surface area contributed by atoms with Crippen LogP contribution in [0.25, 0.3) is 0 Å². The molecule has 0 spiro atoms. The lowest BCUT2D eigenvalue weighted by atomic mass is 10.4. The Labute approximate surface area is 110 Å². The predicted octanol–water partition coefficient (Wildman–Crippen LogP) is 3.67. The molecule has 0 unspecified atom stereocenters. The number of nitrogens with one attached hydrogen (secondary N) is 1. The molecule has 88 valence electrons. The summed E-state index contributed by atoms with van der Waals surface area (Å²) in [6.45, 7) is 0. The molecule has 0 saturated heterocycles. The van der Waals surface area contributed by atoms with Gasteiger partial charge in [0.15, 0.2) is 16.8 Å². The highest BCUT2D eigenvalue weighted by atomic mass is 79.9. The number of hydrogen-bond acceptors (Lipinski definition) is 4. The molecule has 1 N–H and O–H groups in total. The van der Waals surface area contributed by atoms with E-state index in [-0.39, 0.29) is 11.6 Å². The van der Waals surface area contributed by atoms with Crippen molar-refractivity contribution in [2.45, 2.75) is 19.3 Å². The van der Waals surface area contributed by atoms with Crippen molar-refractivity contribution >= 4 is 38.2 Å². The predicted molar refractivity (Wildman–Crippen MR) is 69.3 cm³/mol. The largest absolute Gasteiger partial charge is 0.314 e. The number of aromatic nitrogens is 2. The molecule has 0 amide bonds. The van der Waals surface area contributed by atoms with Crippen LogP contribution in [0.15, 0.2) is 16.7 Å². The van der Waals surface area contributed by atoms with Crippen molar-refractivity contribution in [3.8, 4) is 0 Å². The normalized spacial score (nSPS) is 13.8. The van der Waals surface area contributed by atoms with Gasteiger partial charge in [-0.05, 0) is 41.3 Å². The van der Waals surface area contributed by atoms with Gasteiger partial charge >= 0.3 is 0 Å². The second kappa shape index (κ2) is 4.34. The second-order valence-electron chi connectivity index (χ2n) is 3.85. The van der Waals surface area contributed by atoms with E-state index in [0.717, 1.165) is 23.7 Å². The number of pyridine rings is 1. The van der Waals surface area contributed by atoms with Crippen LogP contribution < -0.4 is 5.32 Å². The molecule has 3 rings (SSSR count). The fourth-order valence-electron chi connectivity index (χ4n) is 1.85. The number of halogens is 2. The molecule has 1 aliphatic carbocycles. The van der Waals surface area contributed by atoms with Crippen LogP contribution in [-0.4, -0.2) is 9.97 Å². The Kier molecular flexibility index (Phi) is 2.84. The monoisotopic (exact) mass is 313 g/mol. The topological polar surface area (TPSA) is 37.8 Å². The highest BCUT2D eigenvalue weighted by Crippen LogP contribution is 2.32. The third kappa shape index (κ3) is 2.19. The van der Waals surface area contributed by atoms with E-state index in [4.69, 9.17) is 0 Å². The summed E-state index contributed by atoms with van der Waals surface area (Å²) in [5.41, 5.74) is 1.15. The number of fused-ring (bicyclic) bond motifs is 1. The number of rotatable bonds is 2. The van der Waals surface area contributed by atoms with Gasteiger partial charge in [-0.1, -0.05) is 0 Å². The minimum atomic E-state index is -0.380. The zero-order valence-electron chi connectivity index (χ0n) is 8.83. The Morgan fingerprint density at radius 1 is 1.41 bits per heavy atom. The first kappa shape index (κ1) is 11.1. The van der Waals surface area contributed by atoms with Gasteiger partial charge in [-0.2, -0.15) is 0 Å². The van der Waals surface area contributed by atoms with Gasteiger partial charge in [0.25, 0.3) is 0 Å². The van der Waals surface area contributed by atoms with Crippen LogP contribution in [0.2, 0.25) is 0 Å². The molecule has 0 saturated carbocycles. The summed E-state index contributed by atoms with van der Waals surface area (Å²) in [4.78, 5) is 9.74. The van der Waals surface area contributed by atoms with Gasteiger partial charge in [-0.15, -0.1) is 11.3 Å². The molecule has 1 aliphatic rings. The van der Waals surface area contributed by atoms with E-state index >= 15 is 0 Å². The van der Waals surface area contributed by atoms with Crippen LogP contribution in [0, 0.1) is 5.82 Å². The average Bonchev–Trinajstić information content (AvgIpc) is 2.82. The first-order valence-corrected chi connectivity index (χ1v) is 6.90. The smallest absolute Gasteiger partial charge is 0.188 e. The summed E-state index contributed by atoms with van der Waals surface area (Å²) in [5.74, 6) is -0.157. The summed E-state index contributed by atoms with van der Waals surface area (Å²) in [7, 11) is 0. The molecule has 2 aromatic rings. The Morgan fingerprint density at radius 3 is 3.06 bits per heavy atom. The van der Waals surface area contributed by atoms with Crippen molar-refractivity contribution in [2.75, 3.05) is 5.32 Å². The molecule has 2 aromatic heterocycles. The fourth-order valence-corrected chi connectivity index (χ4v) is 3.20. The molecule has 0 aromatic carbocycles. The lowest BCUT2D eigenvalue weighted by Crippen LogP contribution is -1.96. The summed E-state index contributed by atoms with van der Waals surface area (Å²) >= 11 is 4.76. The van der Waals surface area contributed by atoms with Crippen molar-refractivity contribution in [1.82, 2.24) is 9.97 Å². The number of nitrogens with zero attached hydrogens (tertiary/aromatic N) is 2. The Bertz CT molecular complexity index is 548. The van der Waals surface area contributed by atoms with Gasteiger partial charge in [-0.3, -0.25) is 0 Å². The Hall–Kier alpha value is -1.01. The van der Waals surface area contributed by atoms with Crippen LogP contribution in [0.4, 0.5) is 15.3 Å². The molecule has 0 fully saturated rings. The molecule has 3 nitrogen and oxygen atoms in total. The first-order valence-electron chi connectivity index (χ1n) is 5.29. The summed E-state index contributed by atoms with van der Waals surface area (Å²) in [6, 6.07) is 1.39. The molecular formula is C11H9BrFN3S. The van der Waals surface area contributed by atoms with Crippen molar-refractivity contribution in [1.29, 1.82) is 0 Å². The van der Waals surface area contributed by atoms with Gasteiger partial charge in [0, 0.05) is 15.5 Å². The molecule has 17 heavy (non-hydrogen) atoms. The average molecular weight is 314 g/mol. The maximum Gasteiger partial charge on any atom is 0.188 e. The Morgan fingerprint density at radius 2 is 2.29 bits per heavy atom. The maximum absolute atomic E-state index is 13.6. The molecule has 0 bridgehead atoms.